The molecule has 0 aliphatic carbocycles. The molecule has 2 heterocycles. The highest BCUT2D eigenvalue weighted by Gasteiger charge is 2.34. The molecule has 0 aliphatic rings. The Bertz CT molecular complexity index is 1270. The summed E-state index contributed by atoms with van der Waals surface area (Å²) in [6.07, 6.45) is -2.65. The van der Waals surface area contributed by atoms with Gasteiger partial charge in [-0.25, -0.2) is 4.68 Å². The molecule has 1 unspecified atom stereocenters. The Hall–Kier alpha value is -3.55. The van der Waals surface area contributed by atoms with Gasteiger partial charge in [-0.05, 0) is 37.6 Å². The summed E-state index contributed by atoms with van der Waals surface area (Å²) in [4.78, 5) is 13.1. The van der Waals surface area contributed by atoms with Crippen LogP contribution >= 0.6 is 0 Å². The molecule has 1 atom stereocenters. The first-order chi connectivity index (χ1) is 14.7. The number of hydrogen-bond donors (Lipinski definition) is 1. The van der Waals surface area contributed by atoms with Crippen LogP contribution in [0.1, 0.15) is 29.7 Å². The van der Waals surface area contributed by atoms with Crippen molar-refractivity contribution < 1.29 is 18.0 Å². The second-order valence-corrected chi connectivity index (χ2v) is 7.52. The van der Waals surface area contributed by atoms with Crippen molar-refractivity contribution in [2.45, 2.75) is 25.9 Å². The van der Waals surface area contributed by atoms with E-state index in [1.54, 1.807) is 19.9 Å². The van der Waals surface area contributed by atoms with E-state index < -0.39 is 17.7 Å². The Morgan fingerprint density at radius 1 is 1.10 bits per heavy atom. The molecule has 2 aromatic heterocycles. The number of hydrogen-bond acceptors (Lipinski definition) is 2. The van der Waals surface area contributed by atoms with Gasteiger partial charge in [-0.1, -0.05) is 30.3 Å². The number of benzene rings is 2. The maximum Gasteiger partial charge on any atom is 0.418 e. The molecule has 0 spiro atoms. The van der Waals surface area contributed by atoms with Crippen LogP contribution in [0.3, 0.4) is 0 Å². The monoisotopic (exact) mass is 426 g/mol. The zero-order chi connectivity index (χ0) is 22.3. The van der Waals surface area contributed by atoms with E-state index in [9.17, 15) is 18.0 Å². The normalized spacial score (nSPS) is 12.8. The fraction of sp³-hybridized carbons (Fsp3) is 0.217. The van der Waals surface area contributed by atoms with Crippen molar-refractivity contribution in [1.29, 1.82) is 0 Å². The first-order valence-corrected chi connectivity index (χ1v) is 9.75. The number of alkyl halides is 3. The van der Waals surface area contributed by atoms with Crippen LogP contribution in [0.4, 0.5) is 19.0 Å². The number of amides is 1. The van der Waals surface area contributed by atoms with E-state index in [0.29, 0.717) is 5.69 Å². The van der Waals surface area contributed by atoms with Gasteiger partial charge in [0.1, 0.15) is 5.82 Å². The van der Waals surface area contributed by atoms with Gasteiger partial charge in [0.2, 0.25) is 5.91 Å². The topological polar surface area (TPSA) is 51.9 Å². The molecule has 1 N–H and O–H groups in total. The van der Waals surface area contributed by atoms with E-state index in [2.05, 4.69) is 10.4 Å². The van der Waals surface area contributed by atoms with Crippen molar-refractivity contribution in [3.05, 3.63) is 77.6 Å². The smallest absolute Gasteiger partial charge is 0.350 e. The van der Waals surface area contributed by atoms with Crippen LogP contribution in [0.15, 0.2) is 60.8 Å². The third-order valence-corrected chi connectivity index (χ3v) is 5.31. The van der Waals surface area contributed by atoms with E-state index in [-0.39, 0.29) is 17.4 Å². The second-order valence-electron chi connectivity index (χ2n) is 7.52. The molecule has 0 saturated carbocycles. The summed E-state index contributed by atoms with van der Waals surface area (Å²) < 4.78 is 43.6. The molecule has 4 aromatic rings. The van der Waals surface area contributed by atoms with Gasteiger partial charge >= 0.3 is 6.18 Å². The Morgan fingerprint density at radius 2 is 1.77 bits per heavy atom. The molecule has 0 fully saturated rings. The van der Waals surface area contributed by atoms with E-state index in [1.807, 2.05) is 42.1 Å². The molecule has 0 aliphatic heterocycles. The van der Waals surface area contributed by atoms with Gasteiger partial charge in [0.05, 0.1) is 22.9 Å². The lowest BCUT2D eigenvalue weighted by Crippen LogP contribution is -2.21. The standard InChI is InChI=1S/C23H21F3N4O/c1-14-12-21(30(28-14)20-11-7-5-9-18(20)23(24,25)26)27-22(31)15(2)17-13-29(3)19-10-6-4-8-16(17)19/h4-13,15H,1-3H3,(H,27,31). The summed E-state index contributed by atoms with van der Waals surface area (Å²) in [6, 6.07) is 14.5. The van der Waals surface area contributed by atoms with Crippen LogP contribution in [-0.2, 0) is 18.0 Å². The summed E-state index contributed by atoms with van der Waals surface area (Å²) >= 11 is 0. The highest BCUT2D eigenvalue weighted by molar-refractivity contribution is 5.98. The highest BCUT2D eigenvalue weighted by Crippen LogP contribution is 2.35. The van der Waals surface area contributed by atoms with E-state index in [0.717, 1.165) is 27.2 Å². The van der Waals surface area contributed by atoms with Crippen LogP contribution in [0, 0.1) is 6.92 Å². The lowest BCUT2D eigenvalue weighted by atomic mass is 10.00. The summed E-state index contributed by atoms with van der Waals surface area (Å²) in [7, 11) is 1.91. The Labute approximate surface area is 177 Å². The van der Waals surface area contributed by atoms with Crippen LogP contribution in [0.25, 0.3) is 16.6 Å². The zero-order valence-electron chi connectivity index (χ0n) is 17.2. The number of aryl methyl sites for hydroxylation is 2. The summed E-state index contributed by atoms with van der Waals surface area (Å²) in [5, 5.41) is 7.92. The molecule has 1 amide bonds. The quantitative estimate of drug-likeness (QED) is 0.473. The van der Waals surface area contributed by atoms with Gasteiger partial charge in [-0.2, -0.15) is 18.3 Å². The molecule has 160 valence electrons. The summed E-state index contributed by atoms with van der Waals surface area (Å²) in [6.45, 7) is 3.44. The number of para-hydroxylation sites is 2. The van der Waals surface area contributed by atoms with Gasteiger partial charge in [-0.3, -0.25) is 4.79 Å². The van der Waals surface area contributed by atoms with Crippen molar-refractivity contribution in [3.63, 3.8) is 0 Å². The Balaban J connectivity index is 1.69. The van der Waals surface area contributed by atoms with Crippen molar-refractivity contribution in [2.24, 2.45) is 7.05 Å². The van der Waals surface area contributed by atoms with Gasteiger partial charge in [0, 0.05) is 30.2 Å². The van der Waals surface area contributed by atoms with E-state index in [1.165, 1.54) is 18.2 Å². The molecule has 0 saturated heterocycles. The van der Waals surface area contributed by atoms with E-state index >= 15 is 0 Å². The SMILES string of the molecule is Cc1cc(NC(=O)C(C)c2cn(C)c3ccccc23)n(-c2ccccc2C(F)(F)F)n1. The zero-order valence-corrected chi connectivity index (χ0v) is 17.2. The number of fused-ring (bicyclic) bond motifs is 1. The number of anilines is 1. The number of nitrogens with one attached hydrogen (secondary N) is 1. The van der Waals surface area contributed by atoms with Gasteiger partial charge in [0.25, 0.3) is 0 Å². The number of aromatic nitrogens is 3. The van der Waals surface area contributed by atoms with Gasteiger partial charge in [-0.15, -0.1) is 0 Å². The number of rotatable bonds is 4. The van der Waals surface area contributed by atoms with Gasteiger partial charge in [0.15, 0.2) is 0 Å². The number of carbonyl (C=O) groups is 1. The molecule has 8 heteroatoms. The number of halogens is 3. The fourth-order valence-electron chi connectivity index (χ4n) is 3.76. The van der Waals surface area contributed by atoms with Crippen molar-refractivity contribution in [1.82, 2.24) is 14.3 Å². The molecule has 5 nitrogen and oxygen atoms in total. The van der Waals surface area contributed by atoms with Crippen LogP contribution in [-0.4, -0.2) is 20.3 Å². The minimum atomic E-state index is -4.55. The van der Waals surface area contributed by atoms with E-state index in [4.69, 9.17) is 0 Å². The number of carbonyl (C=O) groups excluding carboxylic acids is 1. The van der Waals surface area contributed by atoms with Crippen LogP contribution in [0.2, 0.25) is 0 Å². The predicted molar refractivity (Wildman–Crippen MR) is 113 cm³/mol. The Morgan fingerprint density at radius 3 is 2.52 bits per heavy atom. The molecule has 0 bridgehead atoms. The number of nitrogens with zero attached hydrogens (tertiary/aromatic N) is 3. The second kappa shape index (κ2) is 7.61. The molecular formula is C23H21F3N4O. The minimum Gasteiger partial charge on any atom is -0.350 e. The van der Waals surface area contributed by atoms with Crippen LogP contribution < -0.4 is 5.32 Å². The first-order valence-electron chi connectivity index (χ1n) is 9.75. The Kier molecular flexibility index (Phi) is 5.08. The summed E-state index contributed by atoms with van der Waals surface area (Å²) in [5.41, 5.74) is 1.36. The summed E-state index contributed by atoms with van der Waals surface area (Å²) in [5.74, 6) is -0.666. The third-order valence-electron chi connectivity index (χ3n) is 5.31. The average Bonchev–Trinajstić information content (AvgIpc) is 3.26. The lowest BCUT2D eigenvalue weighted by molar-refractivity contribution is -0.137. The molecule has 2 aromatic carbocycles. The molecule has 0 radical (unpaired) electrons. The van der Waals surface area contributed by atoms with Crippen LogP contribution in [0.5, 0.6) is 0 Å². The first kappa shape index (κ1) is 20.7. The predicted octanol–water partition coefficient (Wildman–Crippen LogP) is 5.43. The van der Waals surface area contributed by atoms with Crippen molar-refractivity contribution in [3.8, 4) is 5.69 Å². The molecule has 4 rings (SSSR count). The molecular weight excluding hydrogens is 405 g/mol. The molecule has 31 heavy (non-hydrogen) atoms. The maximum atomic E-state index is 13.5. The lowest BCUT2D eigenvalue weighted by Gasteiger charge is -2.16. The fourth-order valence-corrected chi connectivity index (χ4v) is 3.76. The largest absolute Gasteiger partial charge is 0.418 e. The maximum absolute atomic E-state index is 13.5. The van der Waals surface area contributed by atoms with Crippen molar-refractivity contribution in [2.75, 3.05) is 5.32 Å². The van der Waals surface area contributed by atoms with Crippen molar-refractivity contribution >= 4 is 22.6 Å². The average molecular weight is 426 g/mol. The third kappa shape index (κ3) is 3.81. The van der Waals surface area contributed by atoms with Gasteiger partial charge < -0.3 is 9.88 Å². The minimum absolute atomic E-state index is 0.142. The highest BCUT2D eigenvalue weighted by atomic mass is 19.4.